The molecule has 0 saturated heterocycles. The van der Waals surface area contributed by atoms with Gasteiger partial charge in [-0.1, -0.05) is 30.3 Å². The van der Waals surface area contributed by atoms with Crippen LogP contribution >= 0.6 is 0 Å². The molecule has 1 unspecified atom stereocenters. The maximum atomic E-state index is 11.3. The summed E-state index contributed by atoms with van der Waals surface area (Å²) in [6, 6.07) is 16.3. The van der Waals surface area contributed by atoms with Crippen LogP contribution in [-0.2, 0) is 11.2 Å². The van der Waals surface area contributed by atoms with Crippen molar-refractivity contribution in [3.05, 3.63) is 54.1 Å². The van der Waals surface area contributed by atoms with Crippen molar-refractivity contribution >= 4 is 17.3 Å². The van der Waals surface area contributed by atoms with Crippen LogP contribution in [0.5, 0.6) is 5.75 Å². The van der Waals surface area contributed by atoms with Crippen molar-refractivity contribution in [2.75, 3.05) is 17.7 Å². The van der Waals surface area contributed by atoms with Gasteiger partial charge in [0.2, 0.25) is 5.91 Å². The van der Waals surface area contributed by atoms with Crippen molar-refractivity contribution in [1.29, 1.82) is 0 Å². The summed E-state index contributed by atoms with van der Waals surface area (Å²) < 4.78 is 5.26. The number of nitrogens with one attached hydrogen (secondary N) is 2. The van der Waals surface area contributed by atoms with E-state index < -0.39 is 0 Å². The van der Waals surface area contributed by atoms with Gasteiger partial charge in [-0.3, -0.25) is 4.79 Å². The third kappa shape index (κ3) is 4.52. The van der Waals surface area contributed by atoms with E-state index in [-0.39, 0.29) is 11.9 Å². The van der Waals surface area contributed by atoms with Gasteiger partial charge >= 0.3 is 0 Å². The van der Waals surface area contributed by atoms with Crippen molar-refractivity contribution in [3.8, 4) is 5.75 Å². The standard InChI is InChI=1S/C18H22N2O2/c1-13(11-15-7-5-4-6-8-15)19-16-9-10-18(22-3)17(12-16)20-14(2)21/h4-10,12-13,19H,11H2,1-3H3,(H,20,21). The van der Waals surface area contributed by atoms with Crippen molar-refractivity contribution in [3.63, 3.8) is 0 Å². The molecule has 4 nitrogen and oxygen atoms in total. The Hall–Kier alpha value is -2.49. The zero-order valence-corrected chi connectivity index (χ0v) is 13.2. The van der Waals surface area contributed by atoms with E-state index in [9.17, 15) is 4.79 Å². The van der Waals surface area contributed by atoms with E-state index in [1.807, 2.05) is 36.4 Å². The van der Waals surface area contributed by atoms with Crippen molar-refractivity contribution in [2.45, 2.75) is 26.3 Å². The average Bonchev–Trinajstić information content (AvgIpc) is 2.48. The van der Waals surface area contributed by atoms with Crippen LogP contribution in [0, 0.1) is 0 Å². The molecule has 116 valence electrons. The Bertz CT molecular complexity index is 626. The summed E-state index contributed by atoms with van der Waals surface area (Å²) in [7, 11) is 1.59. The summed E-state index contributed by atoms with van der Waals surface area (Å²) >= 11 is 0. The number of benzene rings is 2. The van der Waals surface area contributed by atoms with Gasteiger partial charge in [-0.05, 0) is 37.1 Å². The van der Waals surface area contributed by atoms with Crippen LogP contribution < -0.4 is 15.4 Å². The molecule has 0 aliphatic rings. The third-order valence-corrected chi connectivity index (χ3v) is 3.31. The predicted octanol–water partition coefficient (Wildman–Crippen LogP) is 3.70. The second kappa shape index (κ2) is 7.50. The molecule has 0 aromatic heterocycles. The van der Waals surface area contributed by atoms with Crippen LogP contribution in [0.2, 0.25) is 0 Å². The molecule has 22 heavy (non-hydrogen) atoms. The molecular formula is C18H22N2O2. The third-order valence-electron chi connectivity index (χ3n) is 3.31. The SMILES string of the molecule is COc1ccc(NC(C)Cc2ccccc2)cc1NC(C)=O. The molecule has 2 rings (SSSR count). The van der Waals surface area contributed by atoms with E-state index >= 15 is 0 Å². The first-order valence-electron chi connectivity index (χ1n) is 7.34. The van der Waals surface area contributed by atoms with E-state index in [1.54, 1.807) is 7.11 Å². The second-order valence-electron chi connectivity index (χ2n) is 5.33. The quantitative estimate of drug-likeness (QED) is 0.855. The number of rotatable bonds is 6. The lowest BCUT2D eigenvalue weighted by Crippen LogP contribution is -2.18. The van der Waals surface area contributed by atoms with Gasteiger partial charge in [0.25, 0.3) is 0 Å². The largest absolute Gasteiger partial charge is 0.495 e. The minimum atomic E-state index is -0.118. The zero-order valence-electron chi connectivity index (χ0n) is 13.2. The van der Waals surface area contributed by atoms with Crippen LogP contribution in [0.3, 0.4) is 0 Å². The van der Waals surface area contributed by atoms with Crippen LogP contribution in [0.4, 0.5) is 11.4 Å². The molecule has 4 heteroatoms. The number of ether oxygens (including phenoxy) is 1. The Morgan fingerprint density at radius 2 is 1.91 bits per heavy atom. The number of carbonyl (C=O) groups excluding carboxylic acids is 1. The molecule has 0 heterocycles. The van der Waals surface area contributed by atoms with Crippen LogP contribution in [0.1, 0.15) is 19.4 Å². The lowest BCUT2D eigenvalue weighted by atomic mass is 10.1. The monoisotopic (exact) mass is 298 g/mol. The van der Waals surface area contributed by atoms with Gasteiger partial charge < -0.3 is 15.4 Å². The fraction of sp³-hybridized carbons (Fsp3) is 0.278. The first kappa shape index (κ1) is 15.9. The molecule has 0 aliphatic carbocycles. The van der Waals surface area contributed by atoms with E-state index in [4.69, 9.17) is 4.74 Å². The first-order valence-corrected chi connectivity index (χ1v) is 7.34. The predicted molar refractivity (Wildman–Crippen MR) is 90.5 cm³/mol. The van der Waals surface area contributed by atoms with Gasteiger partial charge in [-0.25, -0.2) is 0 Å². The summed E-state index contributed by atoms with van der Waals surface area (Å²) in [5, 5.41) is 6.23. The van der Waals surface area contributed by atoms with Crippen LogP contribution in [0.25, 0.3) is 0 Å². The Kier molecular flexibility index (Phi) is 5.42. The Labute approximate surface area is 131 Å². The molecule has 0 radical (unpaired) electrons. The van der Waals surface area contributed by atoms with Crippen LogP contribution in [-0.4, -0.2) is 19.1 Å². The van der Waals surface area contributed by atoms with Crippen LogP contribution in [0.15, 0.2) is 48.5 Å². The summed E-state index contributed by atoms with van der Waals surface area (Å²) in [5.74, 6) is 0.532. The average molecular weight is 298 g/mol. The molecule has 2 aromatic rings. The first-order chi connectivity index (χ1) is 10.6. The Balaban J connectivity index is 2.07. The van der Waals surface area contributed by atoms with Crippen molar-refractivity contribution in [1.82, 2.24) is 0 Å². The van der Waals surface area contributed by atoms with E-state index in [1.165, 1.54) is 12.5 Å². The fourth-order valence-corrected chi connectivity index (χ4v) is 2.39. The van der Waals surface area contributed by atoms with Gasteiger partial charge in [0.1, 0.15) is 5.75 Å². The number of methoxy groups -OCH3 is 1. The van der Waals surface area contributed by atoms with Gasteiger partial charge in [0.15, 0.2) is 0 Å². The van der Waals surface area contributed by atoms with E-state index in [0.29, 0.717) is 11.4 Å². The second-order valence-corrected chi connectivity index (χ2v) is 5.33. The van der Waals surface area contributed by atoms with Crippen molar-refractivity contribution in [2.24, 2.45) is 0 Å². The number of anilines is 2. The highest BCUT2D eigenvalue weighted by molar-refractivity contribution is 5.91. The van der Waals surface area contributed by atoms with Gasteiger partial charge in [0.05, 0.1) is 12.8 Å². The zero-order chi connectivity index (χ0) is 15.9. The molecule has 0 fully saturated rings. The lowest BCUT2D eigenvalue weighted by Gasteiger charge is -2.17. The minimum absolute atomic E-state index is 0.118. The molecule has 0 bridgehead atoms. The maximum absolute atomic E-state index is 11.3. The van der Waals surface area contributed by atoms with Gasteiger partial charge in [-0.15, -0.1) is 0 Å². The molecule has 0 spiro atoms. The highest BCUT2D eigenvalue weighted by Gasteiger charge is 2.08. The summed E-state index contributed by atoms with van der Waals surface area (Å²) in [5.41, 5.74) is 2.91. The molecule has 0 saturated carbocycles. The van der Waals surface area contributed by atoms with E-state index in [0.717, 1.165) is 12.1 Å². The topological polar surface area (TPSA) is 50.4 Å². The smallest absolute Gasteiger partial charge is 0.221 e. The number of hydrogen-bond acceptors (Lipinski definition) is 3. The highest BCUT2D eigenvalue weighted by atomic mass is 16.5. The molecule has 2 N–H and O–H groups in total. The van der Waals surface area contributed by atoms with Gasteiger partial charge in [-0.2, -0.15) is 0 Å². The fourth-order valence-electron chi connectivity index (χ4n) is 2.39. The molecule has 1 amide bonds. The molecule has 0 aliphatic heterocycles. The summed E-state index contributed by atoms with van der Waals surface area (Å²) in [4.78, 5) is 11.3. The maximum Gasteiger partial charge on any atom is 0.221 e. The Morgan fingerprint density at radius 3 is 2.55 bits per heavy atom. The normalized spacial score (nSPS) is 11.6. The van der Waals surface area contributed by atoms with Gasteiger partial charge in [0, 0.05) is 18.7 Å². The number of amides is 1. The lowest BCUT2D eigenvalue weighted by molar-refractivity contribution is -0.114. The summed E-state index contributed by atoms with van der Waals surface area (Å²) in [6.07, 6.45) is 0.933. The summed E-state index contributed by atoms with van der Waals surface area (Å²) in [6.45, 7) is 3.62. The minimum Gasteiger partial charge on any atom is -0.495 e. The molecule has 1 atom stereocenters. The number of carbonyl (C=O) groups is 1. The number of hydrogen-bond donors (Lipinski definition) is 2. The molecular weight excluding hydrogens is 276 g/mol. The van der Waals surface area contributed by atoms with Crippen molar-refractivity contribution < 1.29 is 9.53 Å². The highest BCUT2D eigenvalue weighted by Crippen LogP contribution is 2.28. The molecule has 2 aromatic carbocycles. The van der Waals surface area contributed by atoms with E-state index in [2.05, 4.69) is 29.7 Å². The Morgan fingerprint density at radius 1 is 1.18 bits per heavy atom.